The predicted octanol–water partition coefficient (Wildman–Crippen LogP) is -4.59. The van der Waals surface area contributed by atoms with Crippen LogP contribution in [-0.4, -0.2) is 179 Å². The number of fused-ring (bicyclic) bond motifs is 2. The number of cyclic esters (lactones) is 2. The molecule has 0 amide bonds. The first-order valence-corrected chi connectivity index (χ1v) is 17.2. The molecule has 5 rings (SSSR count). The summed E-state index contributed by atoms with van der Waals surface area (Å²) in [5.74, 6) is -6.21. The number of carbonyl (C=O) groups excluding carboxylic acids is 4. The summed E-state index contributed by atoms with van der Waals surface area (Å²) in [7, 11) is 2.14. The first-order valence-electron chi connectivity index (χ1n) is 17.2. The van der Waals surface area contributed by atoms with E-state index in [1.807, 2.05) is 0 Å². The molecule has 5 heterocycles. The summed E-state index contributed by atoms with van der Waals surface area (Å²) in [6, 6.07) is 0. The van der Waals surface area contributed by atoms with Crippen LogP contribution in [0, 0.1) is 11.8 Å². The Labute approximate surface area is 317 Å². The molecule has 2 saturated heterocycles. The Morgan fingerprint density at radius 1 is 0.625 bits per heavy atom. The fraction of sp³-hybridized carbons (Fsp3) is 0.647. The van der Waals surface area contributed by atoms with Gasteiger partial charge in [-0.1, -0.05) is 0 Å². The van der Waals surface area contributed by atoms with Crippen molar-refractivity contribution in [3.63, 3.8) is 0 Å². The second-order valence-corrected chi connectivity index (χ2v) is 13.0. The molecule has 14 atom stereocenters. The van der Waals surface area contributed by atoms with E-state index >= 15 is 0 Å². The maximum Gasteiger partial charge on any atom is 0.337 e. The van der Waals surface area contributed by atoms with Crippen molar-refractivity contribution in [3.8, 4) is 0 Å². The topological polar surface area (TPSA) is 322 Å². The van der Waals surface area contributed by atoms with E-state index in [4.69, 9.17) is 47.4 Å². The van der Waals surface area contributed by atoms with Crippen molar-refractivity contribution in [2.45, 2.75) is 86.8 Å². The van der Waals surface area contributed by atoms with E-state index in [1.54, 1.807) is 0 Å². The summed E-state index contributed by atoms with van der Waals surface area (Å²) in [6.07, 6.45) is -17.0. The standard InChI is InChI=1S/C34H44O22/c1-47-29(45)17-11-51-31(55-33-27(43)25(41)23(39)19(9-35)53-33)13-3-5-50-22(38)8-16-14(4-6-49-21(37)7-15(13)17)32(52-12-18(16)30(46)48-2)56-34-28(44)26(42)24(40)20(10-36)54-34/h3-4,11-12,15-16,19-20,23-28,31-36,39-44H,5-10H2,1-2H3/b13-3-,14-4+/t15-,16-,19+,20+,23+,24+,25-,26-,27+,28+,31+,32+,33-,34-/m0/s1. The van der Waals surface area contributed by atoms with Crippen molar-refractivity contribution in [2.24, 2.45) is 11.8 Å². The van der Waals surface area contributed by atoms with Gasteiger partial charge in [0.15, 0.2) is 12.6 Å². The van der Waals surface area contributed by atoms with E-state index in [1.165, 1.54) is 12.2 Å². The van der Waals surface area contributed by atoms with Crippen LogP contribution in [0.25, 0.3) is 0 Å². The molecule has 2 fully saturated rings. The smallest absolute Gasteiger partial charge is 0.337 e. The molecule has 56 heavy (non-hydrogen) atoms. The Morgan fingerprint density at radius 3 is 1.34 bits per heavy atom. The van der Waals surface area contributed by atoms with Crippen LogP contribution >= 0.6 is 0 Å². The first kappa shape index (κ1) is 43.1. The second kappa shape index (κ2) is 18.9. The van der Waals surface area contributed by atoms with Crippen LogP contribution < -0.4 is 0 Å². The third-order valence-corrected chi connectivity index (χ3v) is 9.66. The average molecular weight is 805 g/mol. The Hall–Kier alpha value is -4.04. The summed E-state index contributed by atoms with van der Waals surface area (Å²) >= 11 is 0. The molecular formula is C34H44O22. The second-order valence-electron chi connectivity index (χ2n) is 13.0. The van der Waals surface area contributed by atoms with Gasteiger partial charge in [-0.15, -0.1) is 0 Å². The van der Waals surface area contributed by atoms with Gasteiger partial charge in [0.2, 0.25) is 12.6 Å². The van der Waals surface area contributed by atoms with Crippen LogP contribution in [0.3, 0.4) is 0 Å². The summed E-state index contributed by atoms with van der Waals surface area (Å²) < 4.78 is 54.3. The van der Waals surface area contributed by atoms with Gasteiger partial charge in [0, 0.05) is 23.0 Å². The highest BCUT2D eigenvalue weighted by atomic mass is 16.8. The highest BCUT2D eigenvalue weighted by molar-refractivity contribution is 5.91. The van der Waals surface area contributed by atoms with Gasteiger partial charge >= 0.3 is 23.9 Å². The monoisotopic (exact) mass is 804 g/mol. The van der Waals surface area contributed by atoms with Crippen molar-refractivity contribution in [2.75, 3.05) is 40.6 Å². The lowest BCUT2D eigenvalue weighted by atomic mass is 9.85. The van der Waals surface area contributed by atoms with Crippen LogP contribution in [0.15, 0.2) is 47.0 Å². The molecule has 5 aliphatic rings. The maximum absolute atomic E-state index is 13.4. The number of methoxy groups -OCH3 is 2. The van der Waals surface area contributed by atoms with Crippen LogP contribution in [0.5, 0.6) is 0 Å². The molecule has 0 aliphatic carbocycles. The lowest BCUT2D eigenvalue weighted by Gasteiger charge is -2.42. The number of ether oxygens (including phenoxy) is 10. The van der Waals surface area contributed by atoms with Gasteiger partial charge in [-0.25, -0.2) is 9.59 Å². The number of aliphatic hydroxyl groups is 8. The van der Waals surface area contributed by atoms with Gasteiger partial charge in [0.1, 0.15) is 62.0 Å². The number of esters is 4. The van der Waals surface area contributed by atoms with Crippen LogP contribution in [0.4, 0.5) is 0 Å². The van der Waals surface area contributed by atoms with E-state index in [9.17, 15) is 60.0 Å². The molecule has 8 N–H and O–H groups in total. The van der Waals surface area contributed by atoms with Crippen LogP contribution in [-0.2, 0) is 66.5 Å². The van der Waals surface area contributed by atoms with Crippen molar-refractivity contribution >= 4 is 23.9 Å². The predicted molar refractivity (Wildman–Crippen MR) is 174 cm³/mol. The average Bonchev–Trinajstić information content (AvgIpc) is 3.19. The number of hydrogen-bond acceptors (Lipinski definition) is 22. The molecule has 0 radical (unpaired) electrons. The van der Waals surface area contributed by atoms with E-state index in [0.717, 1.165) is 26.7 Å². The molecule has 312 valence electrons. The lowest BCUT2D eigenvalue weighted by molar-refractivity contribution is -0.328. The highest BCUT2D eigenvalue weighted by Crippen LogP contribution is 2.39. The van der Waals surface area contributed by atoms with Crippen molar-refractivity contribution in [1.82, 2.24) is 0 Å². The third kappa shape index (κ3) is 9.22. The molecule has 22 heteroatoms. The Balaban J connectivity index is 1.46. The normalized spacial score (nSPS) is 40.0. The molecule has 0 spiro atoms. The SMILES string of the molecule is COC(=O)C1=CO[C@H](O[C@@H]2O[C@H](CO)[C@@H](O)[C@H](O)[C@H]2O)/C2=C\COC(=O)C[C@@H]3C(C(=O)OC)=CO[C@H](O[C@@H]4O[C@H](CO)[C@@H](O)[C@H](O)[C@H]4O)/C3=C/COC(=O)C[C@H]12. The zero-order valence-electron chi connectivity index (χ0n) is 29.9. The summed E-state index contributed by atoms with van der Waals surface area (Å²) in [5, 5.41) is 81.4. The lowest BCUT2D eigenvalue weighted by Crippen LogP contribution is -2.60. The molecule has 5 aliphatic heterocycles. The largest absolute Gasteiger partial charge is 0.468 e. The van der Waals surface area contributed by atoms with Crippen LogP contribution in [0.2, 0.25) is 0 Å². The zero-order chi connectivity index (χ0) is 40.8. The number of hydrogen-bond donors (Lipinski definition) is 8. The Morgan fingerprint density at radius 2 is 1.00 bits per heavy atom. The van der Waals surface area contributed by atoms with E-state index in [-0.39, 0.29) is 22.3 Å². The van der Waals surface area contributed by atoms with Gasteiger partial charge in [-0.2, -0.15) is 0 Å². The molecule has 0 aromatic heterocycles. The minimum absolute atomic E-state index is 0.0305. The quantitative estimate of drug-likeness (QED) is 0.0650. The summed E-state index contributed by atoms with van der Waals surface area (Å²) in [6.45, 7) is -2.69. The molecule has 22 nitrogen and oxygen atoms in total. The molecule has 0 bridgehead atoms. The van der Waals surface area contributed by atoms with Gasteiger partial charge in [0.05, 0.1) is 63.9 Å². The third-order valence-electron chi connectivity index (χ3n) is 9.66. The van der Waals surface area contributed by atoms with Crippen molar-refractivity contribution in [1.29, 1.82) is 0 Å². The van der Waals surface area contributed by atoms with Crippen molar-refractivity contribution in [3.05, 3.63) is 47.0 Å². The summed E-state index contributed by atoms with van der Waals surface area (Å²) in [5.41, 5.74) is -0.473. The Bertz CT molecular complexity index is 1450. The summed E-state index contributed by atoms with van der Waals surface area (Å²) in [4.78, 5) is 52.6. The van der Waals surface area contributed by atoms with E-state index < -0.39 is 149 Å². The molecule has 0 aromatic rings. The fourth-order valence-electron chi connectivity index (χ4n) is 6.57. The molecule has 0 unspecified atom stereocenters. The molecule has 0 saturated carbocycles. The van der Waals surface area contributed by atoms with E-state index in [0.29, 0.717) is 0 Å². The minimum atomic E-state index is -1.87. The number of aliphatic hydroxyl groups excluding tert-OH is 8. The zero-order valence-corrected chi connectivity index (χ0v) is 29.9. The van der Waals surface area contributed by atoms with Crippen LogP contribution in [0.1, 0.15) is 12.8 Å². The van der Waals surface area contributed by atoms with Gasteiger partial charge in [-0.05, 0) is 12.2 Å². The van der Waals surface area contributed by atoms with E-state index in [2.05, 4.69) is 0 Å². The fourth-order valence-corrected chi connectivity index (χ4v) is 6.57. The highest BCUT2D eigenvalue weighted by Gasteiger charge is 2.49. The molecule has 0 aromatic carbocycles. The Kier molecular flexibility index (Phi) is 14.6. The number of rotatable bonds is 8. The number of carbonyl (C=O) groups is 4. The molecular weight excluding hydrogens is 760 g/mol. The maximum atomic E-state index is 13.4. The van der Waals surface area contributed by atoms with Gasteiger partial charge in [-0.3, -0.25) is 9.59 Å². The van der Waals surface area contributed by atoms with Gasteiger partial charge in [0.25, 0.3) is 0 Å². The van der Waals surface area contributed by atoms with Crippen molar-refractivity contribution < 1.29 is 107 Å². The first-order chi connectivity index (χ1) is 26.7. The van der Waals surface area contributed by atoms with Gasteiger partial charge < -0.3 is 88.2 Å². The minimum Gasteiger partial charge on any atom is -0.468 e.